The standard InChI is InChI=1S/C22H24F2N4O2/c1-3-28(13-15(2)27-19-8-7-16(11-25)12-26-19)20(29)14-30-22(9-10-22)17-5-4-6-18(23)21(17)24/h4-8,12,15H,3,9-10,13-14H2,1-2H3,(H,26,27). The van der Waals surface area contributed by atoms with Crippen molar-refractivity contribution < 1.29 is 18.3 Å². The summed E-state index contributed by atoms with van der Waals surface area (Å²) in [6.07, 6.45) is 2.58. The molecule has 1 aliphatic carbocycles. The van der Waals surface area contributed by atoms with Gasteiger partial charge in [0, 0.05) is 30.9 Å². The fraction of sp³-hybridized carbons (Fsp3) is 0.409. The monoisotopic (exact) mass is 414 g/mol. The van der Waals surface area contributed by atoms with Crippen LogP contribution in [0, 0.1) is 23.0 Å². The molecule has 1 aliphatic rings. The maximum absolute atomic E-state index is 14.1. The number of pyridine rings is 1. The van der Waals surface area contributed by atoms with Crippen molar-refractivity contribution in [2.45, 2.75) is 38.3 Å². The van der Waals surface area contributed by atoms with Crippen molar-refractivity contribution in [3.05, 3.63) is 59.3 Å². The SMILES string of the molecule is CCN(CC(C)Nc1ccc(C#N)cn1)C(=O)COC1(c2cccc(F)c2F)CC1. The number of rotatable bonds is 9. The van der Waals surface area contributed by atoms with Gasteiger partial charge < -0.3 is 15.0 Å². The van der Waals surface area contributed by atoms with E-state index in [2.05, 4.69) is 10.3 Å². The molecule has 0 spiro atoms. The zero-order chi connectivity index (χ0) is 21.7. The molecule has 1 aromatic carbocycles. The van der Waals surface area contributed by atoms with E-state index in [0.717, 1.165) is 6.07 Å². The fourth-order valence-corrected chi connectivity index (χ4v) is 3.33. The van der Waals surface area contributed by atoms with Gasteiger partial charge in [-0.25, -0.2) is 13.8 Å². The highest BCUT2D eigenvalue weighted by atomic mass is 19.2. The van der Waals surface area contributed by atoms with Gasteiger partial charge in [0.1, 0.15) is 18.5 Å². The fourth-order valence-electron chi connectivity index (χ4n) is 3.33. The molecule has 30 heavy (non-hydrogen) atoms. The summed E-state index contributed by atoms with van der Waals surface area (Å²) in [5.74, 6) is -1.44. The zero-order valence-electron chi connectivity index (χ0n) is 17.0. The van der Waals surface area contributed by atoms with E-state index in [0.29, 0.717) is 37.3 Å². The van der Waals surface area contributed by atoms with Crippen LogP contribution in [0.2, 0.25) is 0 Å². The van der Waals surface area contributed by atoms with Gasteiger partial charge in [-0.3, -0.25) is 4.79 Å². The average Bonchev–Trinajstić information content (AvgIpc) is 3.53. The lowest BCUT2D eigenvalue weighted by atomic mass is 10.1. The lowest BCUT2D eigenvalue weighted by Crippen LogP contribution is -2.41. The highest BCUT2D eigenvalue weighted by Gasteiger charge is 2.48. The summed E-state index contributed by atoms with van der Waals surface area (Å²) in [5.41, 5.74) is -0.280. The first-order chi connectivity index (χ1) is 14.4. The molecule has 6 nitrogen and oxygen atoms in total. The molecule has 1 fully saturated rings. The molecule has 0 radical (unpaired) electrons. The number of nitrogens with one attached hydrogen (secondary N) is 1. The van der Waals surface area contributed by atoms with Crippen molar-refractivity contribution in [1.82, 2.24) is 9.88 Å². The van der Waals surface area contributed by atoms with E-state index in [-0.39, 0.29) is 24.1 Å². The molecular weight excluding hydrogens is 390 g/mol. The third-order valence-electron chi connectivity index (χ3n) is 5.13. The average molecular weight is 414 g/mol. The predicted molar refractivity (Wildman–Crippen MR) is 108 cm³/mol. The minimum absolute atomic E-state index is 0.0927. The number of hydrogen-bond donors (Lipinski definition) is 1. The molecule has 158 valence electrons. The van der Waals surface area contributed by atoms with Crippen LogP contribution in [0.3, 0.4) is 0 Å². The third-order valence-corrected chi connectivity index (χ3v) is 5.13. The van der Waals surface area contributed by atoms with Gasteiger partial charge >= 0.3 is 0 Å². The molecule has 8 heteroatoms. The van der Waals surface area contributed by atoms with Crippen molar-refractivity contribution in [3.63, 3.8) is 0 Å². The molecule has 1 aromatic heterocycles. The molecule has 0 aliphatic heterocycles. The van der Waals surface area contributed by atoms with Crippen LogP contribution in [-0.2, 0) is 15.1 Å². The van der Waals surface area contributed by atoms with Crippen molar-refractivity contribution in [2.75, 3.05) is 25.0 Å². The van der Waals surface area contributed by atoms with Gasteiger partial charge in [-0.2, -0.15) is 5.26 Å². The topological polar surface area (TPSA) is 78.3 Å². The van der Waals surface area contributed by atoms with Gasteiger partial charge in [0.25, 0.3) is 0 Å². The van der Waals surface area contributed by atoms with Crippen molar-refractivity contribution in [2.24, 2.45) is 0 Å². The van der Waals surface area contributed by atoms with E-state index in [1.54, 1.807) is 17.0 Å². The first-order valence-corrected chi connectivity index (χ1v) is 9.87. The Labute approximate surface area is 174 Å². The Hall–Kier alpha value is -3.05. The van der Waals surface area contributed by atoms with Gasteiger partial charge in [-0.15, -0.1) is 0 Å². The minimum Gasteiger partial charge on any atom is -0.366 e. The number of anilines is 1. The number of nitrogens with zero attached hydrogens (tertiary/aromatic N) is 3. The highest BCUT2D eigenvalue weighted by molar-refractivity contribution is 5.77. The molecule has 1 amide bonds. The van der Waals surface area contributed by atoms with Crippen LogP contribution >= 0.6 is 0 Å². The minimum atomic E-state index is -0.919. The van der Waals surface area contributed by atoms with Gasteiger partial charge in [-0.1, -0.05) is 12.1 Å². The Morgan fingerprint density at radius 1 is 1.37 bits per heavy atom. The third kappa shape index (κ3) is 4.92. The number of halogens is 2. The Morgan fingerprint density at radius 3 is 2.73 bits per heavy atom. The molecular formula is C22H24F2N4O2. The van der Waals surface area contributed by atoms with E-state index < -0.39 is 17.2 Å². The number of nitriles is 1. The van der Waals surface area contributed by atoms with Crippen LogP contribution in [0.4, 0.5) is 14.6 Å². The first-order valence-electron chi connectivity index (χ1n) is 9.87. The smallest absolute Gasteiger partial charge is 0.248 e. The lowest BCUT2D eigenvalue weighted by molar-refractivity contribution is -0.139. The van der Waals surface area contributed by atoms with Crippen molar-refractivity contribution in [3.8, 4) is 6.07 Å². The predicted octanol–water partition coefficient (Wildman–Crippen LogP) is 3.59. The van der Waals surface area contributed by atoms with E-state index >= 15 is 0 Å². The van der Waals surface area contributed by atoms with Gasteiger partial charge in [0.2, 0.25) is 5.91 Å². The molecule has 1 N–H and O–H groups in total. The van der Waals surface area contributed by atoms with E-state index in [9.17, 15) is 13.6 Å². The molecule has 1 unspecified atom stereocenters. The maximum Gasteiger partial charge on any atom is 0.248 e. The number of ether oxygens (including phenoxy) is 1. The highest BCUT2D eigenvalue weighted by Crippen LogP contribution is 2.50. The van der Waals surface area contributed by atoms with E-state index in [1.165, 1.54) is 18.3 Å². The number of benzene rings is 1. The number of carbonyl (C=O) groups excluding carboxylic acids is 1. The number of likely N-dealkylation sites (N-methyl/N-ethyl adjacent to an activating group) is 1. The van der Waals surface area contributed by atoms with E-state index in [1.807, 2.05) is 19.9 Å². The van der Waals surface area contributed by atoms with Crippen molar-refractivity contribution in [1.29, 1.82) is 5.26 Å². The summed E-state index contributed by atoms with van der Waals surface area (Å²) in [6.45, 7) is 4.48. The normalized spacial score (nSPS) is 15.2. The Balaban J connectivity index is 1.55. The van der Waals surface area contributed by atoms with Gasteiger partial charge in [0.05, 0.1) is 11.2 Å². The molecule has 1 atom stereocenters. The Kier molecular flexibility index (Phi) is 6.63. The summed E-state index contributed by atoms with van der Waals surface area (Å²) in [4.78, 5) is 18.5. The van der Waals surface area contributed by atoms with Crippen LogP contribution in [0.5, 0.6) is 0 Å². The molecule has 0 saturated heterocycles. The molecule has 1 heterocycles. The van der Waals surface area contributed by atoms with Crippen molar-refractivity contribution >= 4 is 11.7 Å². The molecule has 1 saturated carbocycles. The molecule has 2 aromatic rings. The summed E-state index contributed by atoms with van der Waals surface area (Å²) < 4.78 is 33.5. The summed E-state index contributed by atoms with van der Waals surface area (Å²) >= 11 is 0. The second-order valence-electron chi connectivity index (χ2n) is 7.41. The van der Waals surface area contributed by atoms with E-state index in [4.69, 9.17) is 10.00 Å². The second kappa shape index (κ2) is 9.18. The number of hydrogen-bond acceptors (Lipinski definition) is 5. The van der Waals surface area contributed by atoms with Crippen LogP contribution in [0.15, 0.2) is 36.5 Å². The number of carbonyl (C=O) groups is 1. The van der Waals surface area contributed by atoms with Gasteiger partial charge in [-0.05, 0) is 44.9 Å². The zero-order valence-corrected chi connectivity index (χ0v) is 17.0. The largest absolute Gasteiger partial charge is 0.366 e. The Morgan fingerprint density at radius 2 is 2.13 bits per heavy atom. The lowest BCUT2D eigenvalue weighted by Gasteiger charge is -2.26. The summed E-state index contributed by atoms with van der Waals surface area (Å²) in [5, 5.41) is 12.0. The Bertz CT molecular complexity index is 939. The molecule has 0 bridgehead atoms. The number of amides is 1. The quantitative estimate of drug-likeness (QED) is 0.679. The van der Waals surface area contributed by atoms with Crippen LogP contribution in [0.1, 0.15) is 37.8 Å². The van der Waals surface area contributed by atoms with Crippen LogP contribution < -0.4 is 5.32 Å². The molecule has 3 rings (SSSR count). The first kappa shape index (κ1) is 21.7. The maximum atomic E-state index is 14.1. The number of aromatic nitrogens is 1. The summed E-state index contributed by atoms with van der Waals surface area (Å²) in [7, 11) is 0. The summed E-state index contributed by atoms with van der Waals surface area (Å²) in [6, 6.07) is 9.31. The second-order valence-corrected chi connectivity index (χ2v) is 7.41. The van der Waals surface area contributed by atoms with Crippen LogP contribution in [-0.4, -0.2) is 41.5 Å². The van der Waals surface area contributed by atoms with Crippen LogP contribution in [0.25, 0.3) is 0 Å². The van der Waals surface area contributed by atoms with Gasteiger partial charge in [0.15, 0.2) is 11.6 Å².